The molecular weight excluding hydrogens is 290 g/mol. The summed E-state index contributed by atoms with van der Waals surface area (Å²) in [6.45, 7) is 3.95. The van der Waals surface area contributed by atoms with Gasteiger partial charge in [-0.05, 0) is 29.8 Å². The van der Waals surface area contributed by atoms with Crippen LogP contribution in [0.3, 0.4) is 0 Å². The Balaban J connectivity index is 1.73. The van der Waals surface area contributed by atoms with Crippen LogP contribution in [0.5, 0.6) is 0 Å². The lowest BCUT2D eigenvalue weighted by Crippen LogP contribution is -2.05. The van der Waals surface area contributed by atoms with Crippen LogP contribution in [0.15, 0.2) is 29.0 Å². The highest BCUT2D eigenvalue weighted by Gasteiger charge is 2.08. The molecule has 0 radical (unpaired) electrons. The minimum atomic E-state index is 0.435. The smallest absolute Gasteiger partial charge is 0.158 e. The molecule has 3 heterocycles. The van der Waals surface area contributed by atoms with E-state index in [-0.39, 0.29) is 0 Å². The molecule has 3 aromatic heterocycles. The zero-order valence-electron chi connectivity index (χ0n) is 11.1. The molecule has 0 aliphatic rings. The summed E-state index contributed by atoms with van der Waals surface area (Å²) in [5.41, 5.74) is 0. The first-order chi connectivity index (χ1) is 9.86. The molecule has 104 valence electrons. The number of thiophene rings is 2. The van der Waals surface area contributed by atoms with Gasteiger partial charge in [-0.25, -0.2) is 9.97 Å². The zero-order chi connectivity index (χ0) is 13.8. The Labute approximate surface area is 125 Å². The third-order valence-electron chi connectivity index (χ3n) is 2.77. The van der Waals surface area contributed by atoms with Gasteiger partial charge in [0.1, 0.15) is 17.3 Å². The Morgan fingerprint density at radius 3 is 2.90 bits per heavy atom. The number of nitrogens with zero attached hydrogens (tertiary/aromatic N) is 2. The first-order valence-corrected chi connectivity index (χ1v) is 8.21. The Morgan fingerprint density at radius 1 is 1.15 bits per heavy atom. The van der Waals surface area contributed by atoms with Gasteiger partial charge in [0.2, 0.25) is 0 Å². The van der Waals surface area contributed by atoms with Crippen LogP contribution in [0.1, 0.15) is 17.6 Å². The van der Waals surface area contributed by atoms with Gasteiger partial charge in [-0.1, -0.05) is 6.07 Å². The van der Waals surface area contributed by atoms with Crippen molar-refractivity contribution in [1.29, 1.82) is 0 Å². The van der Waals surface area contributed by atoms with E-state index in [9.17, 15) is 0 Å². The molecule has 0 amide bonds. The molecule has 0 saturated carbocycles. The number of hydrogen-bond donors (Lipinski definition) is 1. The predicted molar refractivity (Wildman–Crippen MR) is 84.4 cm³/mol. The van der Waals surface area contributed by atoms with Gasteiger partial charge in [0, 0.05) is 11.4 Å². The summed E-state index contributed by atoms with van der Waals surface area (Å²) < 4.78 is 5.68. The Morgan fingerprint density at radius 2 is 2.10 bits per heavy atom. The van der Waals surface area contributed by atoms with Crippen LogP contribution in [0.25, 0.3) is 10.2 Å². The van der Waals surface area contributed by atoms with Gasteiger partial charge in [-0.3, -0.25) is 0 Å². The number of anilines is 1. The zero-order valence-corrected chi connectivity index (χ0v) is 12.8. The van der Waals surface area contributed by atoms with Crippen LogP contribution in [0.4, 0.5) is 5.82 Å². The molecule has 0 spiro atoms. The van der Waals surface area contributed by atoms with E-state index in [1.165, 1.54) is 4.88 Å². The van der Waals surface area contributed by atoms with Crippen molar-refractivity contribution < 1.29 is 4.74 Å². The minimum Gasteiger partial charge on any atom is -0.370 e. The van der Waals surface area contributed by atoms with Crippen LogP contribution in [0, 0.1) is 0 Å². The molecule has 3 aromatic rings. The fraction of sp³-hybridized carbons (Fsp3) is 0.286. The molecular formula is C14H15N3OS2. The molecule has 3 rings (SSSR count). The molecule has 6 heteroatoms. The van der Waals surface area contributed by atoms with Gasteiger partial charge in [0.15, 0.2) is 5.82 Å². The lowest BCUT2D eigenvalue weighted by molar-refractivity contribution is 0.104. The predicted octanol–water partition coefficient (Wildman–Crippen LogP) is 3.90. The number of ether oxygens (including phenoxy) is 1. The van der Waals surface area contributed by atoms with Gasteiger partial charge in [0.05, 0.1) is 12.0 Å². The molecule has 0 aromatic carbocycles. The number of hydrogen-bond acceptors (Lipinski definition) is 6. The van der Waals surface area contributed by atoms with E-state index in [0.29, 0.717) is 13.2 Å². The second-order valence-corrected chi connectivity index (χ2v) is 6.16. The molecule has 4 nitrogen and oxygen atoms in total. The van der Waals surface area contributed by atoms with Crippen LogP contribution in [-0.4, -0.2) is 16.5 Å². The largest absolute Gasteiger partial charge is 0.370 e. The monoisotopic (exact) mass is 305 g/mol. The van der Waals surface area contributed by atoms with E-state index in [1.807, 2.05) is 17.5 Å². The standard InChI is InChI=1S/C14H15N3OS2/c1-2-15-13-11-5-7-20-14(11)17-12(16-13)9-18-8-10-4-3-6-19-10/h3-7H,2,8-9H2,1H3,(H,15,16,17). The van der Waals surface area contributed by atoms with E-state index in [2.05, 4.69) is 33.7 Å². The topological polar surface area (TPSA) is 47.0 Å². The molecule has 1 N–H and O–H groups in total. The number of aromatic nitrogens is 2. The lowest BCUT2D eigenvalue weighted by Gasteiger charge is -2.07. The first-order valence-electron chi connectivity index (χ1n) is 6.45. The van der Waals surface area contributed by atoms with E-state index < -0.39 is 0 Å². The summed E-state index contributed by atoms with van der Waals surface area (Å²) in [4.78, 5) is 11.3. The highest BCUT2D eigenvalue weighted by atomic mass is 32.1. The normalized spacial score (nSPS) is 11.1. The van der Waals surface area contributed by atoms with Crippen LogP contribution >= 0.6 is 22.7 Å². The van der Waals surface area contributed by atoms with E-state index in [4.69, 9.17) is 4.74 Å². The minimum absolute atomic E-state index is 0.435. The third-order valence-corrected chi connectivity index (χ3v) is 4.43. The van der Waals surface area contributed by atoms with Crippen LogP contribution < -0.4 is 5.32 Å². The van der Waals surface area contributed by atoms with Crippen molar-refractivity contribution in [2.24, 2.45) is 0 Å². The van der Waals surface area contributed by atoms with Gasteiger partial charge in [0.25, 0.3) is 0 Å². The van der Waals surface area contributed by atoms with Crippen LogP contribution in [-0.2, 0) is 18.0 Å². The highest BCUT2D eigenvalue weighted by Crippen LogP contribution is 2.25. The second kappa shape index (κ2) is 6.30. The van der Waals surface area contributed by atoms with Gasteiger partial charge in [-0.15, -0.1) is 22.7 Å². The second-order valence-electron chi connectivity index (χ2n) is 4.23. The number of fused-ring (bicyclic) bond motifs is 1. The first kappa shape index (κ1) is 13.5. The van der Waals surface area contributed by atoms with Gasteiger partial charge >= 0.3 is 0 Å². The van der Waals surface area contributed by atoms with Crippen molar-refractivity contribution >= 4 is 38.7 Å². The van der Waals surface area contributed by atoms with Crippen molar-refractivity contribution in [3.05, 3.63) is 39.7 Å². The van der Waals surface area contributed by atoms with Gasteiger partial charge in [-0.2, -0.15) is 0 Å². The Kier molecular flexibility index (Phi) is 4.25. The average Bonchev–Trinajstić information content (AvgIpc) is 3.09. The molecule has 0 fully saturated rings. The average molecular weight is 305 g/mol. The summed E-state index contributed by atoms with van der Waals surface area (Å²) in [5, 5.41) is 8.46. The van der Waals surface area contributed by atoms with Crippen molar-refractivity contribution in [1.82, 2.24) is 9.97 Å². The maximum atomic E-state index is 5.68. The summed E-state index contributed by atoms with van der Waals surface area (Å²) in [6, 6.07) is 6.15. The van der Waals surface area contributed by atoms with Crippen molar-refractivity contribution in [2.75, 3.05) is 11.9 Å². The molecule has 0 unspecified atom stereocenters. The van der Waals surface area contributed by atoms with Crippen LogP contribution in [0.2, 0.25) is 0 Å². The van der Waals surface area contributed by atoms with Crippen molar-refractivity contribution in [3.8, 4) is 0 Å². The van der Waals surface area contributed by atoms with Crippen molar-refractivity contribution in [3.63, 3.8) is 0 Å². The van der Waals surface area contributed by atoms with Gasteiger partial charge < -0.3 is 10.1 Å². The quantitative estimate of drug-likeness (QED) is 0.750. The van der Waals surface area contributed by atoms with E-state index >= 15 is 0 Å². The fourth-order valence-corrected chi connectivity index (χ4v) is 3.33. The lowest BCUT2D eigenvalue weighted by atomic mass is 10.3. The fourth-order valence-electron chi connectivity index (χ4n) is 1.90. The Bertz CT molecular complexity index is 679. The molecule has 0 bridgehead atoms. The number of rotatable bonds is 6. The van der Waals surface area contributed by atoms with E-state index in [0.717, 1.165) is 28.4 Å². The molecule has 0 aliphatic heterocycles. The molecule has 0 aliphatic carbocycles. The summed E-state index contributed by atoms with van der Waals surface area (Å²) >= 11 is 3.33. The summed E-state index contributed by atoms with van der Waals surface area (Å²) in [5.74, 6) is 1.63. The third kappa shape index (κ3) is 2.98. The summed E-state index contributed by atoms with van der Waals surface area (Å²) in [7, 11) is 0. The molecule has 20 heavy (non-hydrogen) atoms. The SMILES string of the molecule is CCNc1nc(COCc2cccs2)nc2sccc12. The Hall–Kier alpha value is -1.50. The highest BCUT2D eigenvalue weighted by molar-refractivity contribution is 7.16. The number of nitrogens with one attached hydrogen (secondary N) is 1. The van der Waals surface area contributed by atoms with Crippen molar-refractivity contribution in [2.45, 2.75) is 20.1 Å². The molecule has 0 saturated heterocycles. The summed E-state index contributed by atoms with van der Waals surface area (Å²) in [6.07, 6.45) is 0. The maximum absolute atomic E-state index is 5.68. The molecule has 0 atom stereocenters. The maximum Gasteiger partial charge on any atom is 0.158 e. The van der Waals surface area contributed by atoms with E-state index in [1.54, 1.807) is 22.7 Å².